The Balaban J connectivity index is 1.82. The van der Waals surface area contributed by atoms with Crippen molar-refractivity contribution in [2.24, 2.45) is 0 Å². The lowest BCUT2D eigenvalue weighted by Crippen LogP contribution is -2.30. The number of rotatable bonds is 8. The predicted molar refractivity (Wildman–Crippen MR) is 98.0 cm³/mol. The summed E-state index contributed by atoms with van der Waals surface area (Å²) in [5.74, 6) is -0.0114. The highest BCUT2D eigenvalue weighted by Crippen LogP contribution is 2.28. The van der Waals surface area contributed by atoms with Gasteiger partial charge in [0.1, 0.15) is 0 Å². The molecular formula is C19H20ClNO5. The first-order valence-electron chi connectivity index (χ1n) is 7.93. The molecule has 1 amide bonds. The molecule has 0 atom stereocenters. The van der Waals surface area contributed by atoms with E-state index in [2.05, 4.69) is 10.1 Å². The molecule has 0 heterocycles. The number of ether oxygens (including phenoxy) is 3. The number of nitrogens with one attached hydrogen (secondary N) is 1. The van der Waals surface area contributed by atoms with E-state index in [1.807, 2.05) is 24.3 Å². The Kier molecular flexibility index (Phi) is 7.29. The van der Waals surface area contributed by atoms with Gasteiger partial charge in [0, 0.05) is 11.6 Å². The van der Waals surface area contributed by atoms with Gasteiger partial charge in [-0.25, -0.2) is 4.79 Å². The number of benzene rings is 2. The van der Waals surface area contributed by atoms with E-state index in [1.54, 1.807) is 12.1 Å². The summed E-state index contributed by atoms with van der Waals surface area (Å²) in [6.45, 7) is 0.330. The summed E-state index contributed by atoms with van der Waals surface area (Å²) in [7, 11) is 2.75. The first-order chi connectivity index (χ1) is 12.5. The van der Waals surface area contributed by atoms with Gasteiger partial charge >= 0.3 is 5.97 Å². The molecule has 26 heavy (non-hydrogen) atoms. The Morgan fingerprint density at radius 2 is 1.77 bits per heavy atom. The lowest BCUT2D eigenvalue weighted by atomic mass is 10.1. The van der Waals surface area contributed by atoms with Gasteiger partial charge in [-0.2, -0.15) is 0 Å². The van der Waals surface area contributed by atoms with Gasteiger partial charge in [0.15, 0.2) is 18.1 Å². The van der Waals surface area contributed by atoms with Crippen molar-refractivity contribution >= 4 is 23.5 Å². The van der Waals surface area contributed by atoms with E-state index in [0.29, 0.717) is 35.1 Å². The molecule has 1 N–H and O–H groups in total. The minimum Gasteiger partial charge on any atom is -0.493 e. The average molecular weight is 378 g/mol. The van der Waals surface area contributed by atoms with Gasteiger partial charge in [-0.05, 0) is 42.3 Å². The van der Waals surface area contributed by atoms with Crippen molar-refractivity contribution in [1.82, 2.24) is 5.32 Å². The zero-order valence-electron chi connectivity index (χ0n) is 14.6. The number of methoxy groups -OCH3 is 2. The van der Waals surface area contributed by atoms with E-state index >= 15 is 0 Å². The average Bonchev–Trinajstić information content (AvgIpc) is 2.67. The number of halogens is 1. The molecule has 2 aromatic carbocycles. The van der Waals surface area contributed by atoms with Crippen LogP contribution in [0.4, 0.5) is 0 Å². The zero-order valence-corrected chi connectivity index (χ0v) is 15.3. The van der Waals surface area contributed by atoms with E-state index in [-0.39, 0.29) is 12.5 Å². The largest absolute Gasteiger partial charge is 0.493 e. The van der Waals surface area contributed by atoms with Crippen LogP contribution in [0.5, 0.6) is 11.5 Å². The second-order valence-corrected chi connectivity index (χ2v) is 5.81. The molecule has 0 aliphatic rings. The first kappa shape index (κ1) is 19.6. The maximum absolute atomic E-state index is 11.9. The predicted octanol–water partition coefficient (Wildman–Crippen LogP) is 2.87. The molecule has 0 aliphatic heterocycles. The fraction of sp³-hybridized carbons (Fsp3) is 0.263. The third kappa shape index (κ3) is 5.67. The Hall–Kier alpha value is -2.73. The van der Waals surface area contributed by atoms with E-state index in [9.17, 15) is 9.59 Å². The van der Waals surface area contributed by atoms with Gasteiger partial charge < -0.3 is 19.5 Å². The number of hydrogen-bond donors (Lipinski definition) is 1. The van der Waals surface area contributed by atoms with Gasteiger partial charge in [-0.3, -0.25) is 4.79 Å². The van der Waals surface area contributed by atoms with Crippen molar-refractivity contribution in [3.63, 3.8) is 0 Å². The molecule has 7 heteroatoms. The quantitative estimate of drug-likeness (QED) is 0.716. The summed E-state index contributed by atoms with van der Waals surface area (Å²) in [5.41, 5.74) is 1.42. The summed E-state index contributed by atoms with van der Waals surface area (Å²) in [6, 6.07) is 12.1. The van der Waals surface area contributed by atoms with Crippen LogP contribution in [0, 0.1) is 0 Å². The highest BCUT2D eigenvalue weighted by molar-refractivity contribution is 6.30. The molecule has 0 aromatic heterocycles. The topological polar surface area (TPSA) is 73.9 Å². The van der Waals surface area contributed by atoms with Crippen LogP contribution in [0.2, 0.25) is 5.02 Å². The van der Waals surface area contributed by atoms with Crippen molar-refractivity contribution in [3.05, 3.63) is 58.6 Å². The Morgan fingerprint density at radius 1 is 1.04 bits per heavy atom. The van der Waals surface area contributed by atoms with Gasteiger partial charge in [0.2, 0.25) is 0 Å². The Morgan fingerprint density at radius 3 is 2.42 bits per heavy atom. The molecule has 0 bridgehead atoms. The van der Waals surface area contributed by atoms with Crippen LogP contribution in [0.15, 0.2) is 42.5 Å². The van der Waals surface area contributed by atoms with Crippen molar-refractivity contribution in [2.75, 3.05) is 27.4 Å². The molecule has 0 radical (unpaired) electrons. The number of hydrogen-bond acceptors (Lipinski definition) is 5. The molecule has 0 saturated carbocycles. The fourth-order valence-corrected chi connectivity index (χ4v) is 2.35. The van der Waals surface area contributed by atoms with Crippen LogP contribution in [-0.2, 0) is 16.0 Å². The maximum Gasteiger partial charge on any atom is 0.337 e. The Bertz CT molecular complexity index is 761. The number of amides is 1. The van der Waals surface area contributed by atoms with Crippen LogP contribution in [0.3, 0.4) is 0 Å². The maximum atomic E-state index is 11.9. The molecule has 2 rings (SSSR count). The summed E-state index contributed by atoms with van der Waals surface area (Å²) in [5, 5.41) is 3.46. The third-order valence-electron chi connectivity index (χ3n) is 3.59. The highest BCUT2D eigenvalue weighted by Gasteiger charge is 2.12. The molecule has 0 spiro atoms. The lowest BCUT2D eigenvalue weighted by molar-refractivity contribution is -0.123. The monoisotopic (exact) mass is 377 g/mol. The molecule has 2 aromatic rings. The zero-order chi connectivity index (χ0) is 18.9. The molecular weight excluding hydrogens is 358 g/mol. The van der Waals surface area contributed by atoms with Gasteiger partial charge in [0.05, 0.1) is 19.8 Å². The van der Waals surface area contributed by atoms with Crippen LogP contribution in [0.1, 0.15) is 15.9 Å². The molecule has 0 fully saturated rings. The van der Waals surface area contributed by atoms with Gasteiger partial charge in [-0.1, -0.05) is 23.7 Å². The van der Waals surface area contributed by atoms with Crippen LogP contribution < -0.4 is 14.8 Å². The van der Waals surface area contributed by atoms with Crippen LogP contribution in [-0.4, -0.2) is 39.2 Å². The molecule has 0 unspecified atom stereocenters. The van der Waals surface area contributed by atoms with Crippen LogP contribution in [0.25, 0.3) is 0 Å². The molecule has 0 saturated heterocycles. The highest BCUT2D eigenvalue weighted by atomic mass is 35.5. The number of carbonyl (C=O) groups is 2. The molecule has 138 valence electrons. The Labute approximate surface area is 157 Å². The minimum atomic E-state index is -0.477. The van der Waals surface area contributed by atoms with Gasteiger partial charge in [-0.15, -0.1) is 0 Å². The van der Waals surface area contributed by atoms with Crippen molar-refractivity contribution < 1.29 is 23.8 Å². The minimum absolute atomic E-state index is 0.158. The molecule has 6 nitrogen and oxygen atoms in total. The second-order valence-electron chi connectivity index (χ2n) is 5.37. The second kappa shape index (κ2) is 9.68. The lowest BCUT2D eigenvalue weighted by Gasteiger charge is -2.12. The van der Waals surface area contributed by atoms with Crippen molar-refractivity contribution in [1.29, 1.82) is 0 Å². The SMILES string of the molecule is COC(=O)c1ccc(OCC(=O)NCCc2ccc(Cl)cc2)c(OC)c1. The summed E-state index contributed by atoms with van der Waals surface area (Å²) in [6.07, 6.45) is 0.695. The standard InChI is InChI=1S/C19H20ClNO5/c1-24-17-11-14(19(23)25-2)5-8-16(17)26-12-18(22)21-10-9-13-3-6-15(20)7-4-13/h3-8,11H,9-10,12H2,1-2H3,(H,21,22). The van der Waals surface area contributed by atoms with Crippen molar-refractivity contribution in [3.8, 4) is 11.5 Å². The number of carbonyl (C=O) groups excluding carboxylic acids is 2. The third-order valence-corrected chi connectivity index (χ3v) is 3.84. The normalized spacial score (nSPS) is 10.1. The summed E-state index contributed by atoms with van der Waals surface area (Å²) < 4.78 is 15.3. The first-order valence-corrected chi connectivity index (χ1v) is 8.31. The van der Waals surface area contributed by atoms with E-state index < -0.39 is 5.97 Å². The summed E-state index contributed by atoms with van der Waals surface area (Å²) >= 11 is 5.83. The number of esters is 1. The van der Waals surface area contributed by atoms with Gasteiger partial charge in [0.25, 0.3) is 5.91 Å². The summed E-state index contributed by atoms with van der Waals surface area (Å²) in [4.78, 5) is 23.4. The van der Waals surface area contributed by atoms with E-state index in [4.69, 9.17) is 21.1 Å². The van der Waals surface area contributed by atoms with E-state index in [0.717, 1.165) is 5.56 Å². The van der Waals surface area contributed by atoms with Crippen LogP contribution >= 0.6 is 11.6 Å². The fourth-order valence-electron chi connectivity index (χ4n) is 2.22. The smallest absolute Gasteiger partial charge is 0.337 e. The molecule has 0 aliphatic carbocycles. The van der Waals surface area contributed by atoms with E-state index in [1.165, 1.54) is 20.3 Å². The van der Waals surface area contributed by atoms with Crippen molar-refractivity contribution in [2.45, 2.75) is 6.42 Å².